The van der Waals surface area contributed by atoms with Gasteiger partial charge in [0.2, 0.25) is 11.6 Å². The van der Waals surface area contributed by atoms with Crippen LogP contribution in [-0.4, -0.2) is 45.6 Å². The Morgan fingerprint density at radius 3 is 2.56 bits per heavy atom. The molecule has 0 spiro atoms. The highest BCUT2D eigenvalue weighted by Crippen LogP contribution is 2.26. The van der Waals surface area contributed by atoms with Crippen molar-refractivity contribution in [3.63, 3.8) is 0 Å². The van der Waals surface area contributed by atoms with Crippen molar-refractivity contribution >= 4 is 11.6 Å². The summed E-state index contributed by atoms with van der Waals surface area (Å²) in [6.45, 7) is 3.80. The van der Waals surface area contributed by atoms with Crippen molar-refractivity contribution in [2.75, 3.05) is 25.5 Å². The molecule has 0 radical (unpaired) electrons. The molecule has 1 fully saturated rings. The van der Waals surface area contributed by atoms with Crippen molar-refractivity contribution in [2.45, 2.75) is 25.8 Å². The van der Waals surface area contributed by atoms with E-state index in [0.717, 1.165) is 25.9 Å². The van der Waals surface area contributed by atoms with Gasteiger partial charge in [-0.3, -0.25) is 4.57 Å². The largest absolute Gasteiger partial charge is 0.406 e. The Kier molecular flexibility index (Phi) is 3.51. The predicted molar refractivity (Wildman–Crippen MR) is 68.7 cm³/mol. The molecule has 1 aliphatic rings. The fourth-order valence-electron chi connectivity index (χ4n) is 2.23. The number of piperidine rings is 1. The first-order chi connectivity index (χ1) is 8.49. The Balaban J connectivity index is 2.15. The zero-order chi connectivity index (χ0) is 13.3. The van der Waals surface area contributed by atoms with E-state index in [1.165, 1.54) is 0 Å². The van der Waals surface area contributed by atoms with Gasteiger partial charge in [0.25, 0.3) is 0 Å². The number of imidazole rings is 1. The third-order valence-corrected chi connectivity index (χ3v) is 3.53. The minimum absolute atomic E-state index is 0.0751. The van der Waals surface area contributed by atoms with Crippen LogP contribution < -0.4 is 5.32 Å². The van der Waals surface area contributed by atoms with E-state index in [9.17, 15) is 10.1 Å². The normalized spacial score (nSPS) is 17.9. The quantitative estimate of drug-likeness (QED) is 0.645. The summed E-state index contributed by atoms with van der Waals surface area (Å²) in [7, 11) is 3.89. The SMILES string of the molecule is Cc1nc([N+](=O)[O-])c(NC2CCN(C)CC2)n1C. The molecule has 2 heterocycles. The predicted octanol–water partition coefficient (Wildman–Crippen LogP) is 1.14. The Bertz CT molecular complexity index is 449. The van der Waals surface area contributed by atoms with Crippen molar-refractivity contribution < 1.29 is 4.92 Å². The van der Waals surface area contributed by atoms with Gasteiger partial charge in [0.1, 0.15) is 0 Å². The van der Waals surface area contributed by atoms with Crippen LogP contribution in [0, 0.1) is 17.0 Å². The lowest BCUT2D eigenvalue weighted by Gasteiger charge is -2.29. The zero-order valence-electron chi connectivity index (χ0n) is 11.0. The molecular weight excluding hydrogens is 234 g/mol. The maximum atomic E-state index is 11.0. The molecule has 0 aliphatic carbocycles. The first kappa shape index (κ1) is 12.8. The number of likely N-dealkylation sites (tertiary alicyclic amines) is 1. The van der Waals surface area contributed by atoms with Crippen molar-refractivity contribution in [2.24, 2.45) is 7.05 Å². The van der Waals surface area contributed by atoms with Gasteiger partial charge in [0.15, 0.2) is 0 Å². The van der Waals surface area contributed by atoms with Crippen LogP contribution in [0.5, 0.6) is 0 Å². The fourth-order valence-corrected chi connectivity index (χ4v) is 2.23. The van der Waals surface area contributed by atoms with Crippen LogP contribution in [0.15, 0.2) is 0 Å². The van der Waals surface area contributed by atoms with Gasteiger partial charge in [-0.05, 0) is 42.9 Å². The highest BCUT2D eigenvalue weighted by Gasteiger charge is 2.26. The Hall–Kier alpha value is -1.63. The summed E-state index contributed by atoms with van der Waals surface area (Å²) in [4.78, 5) is 16.8. The van der Waals surface area contributed by atoms with Gasteiger partial charge in [-0.1, -0.05) is 0 Å². The molecule has 0 atom stereocenters. The Morgan fingerprint density at radius 2 is 2.00 bits per heavy atom. The topological polar surface area (TPSA) is 76.2 Å². The van der Waals surface area contributed by atoms with Crippen LogP contribution in [0.1, 0.15) is 18.7 Å². The number of anilines is 1. The summed E-state index contributed by atoms with van der Waals surface area (Å²) in [5.41, 5.74) is 0. The van der Waals surface area contributed by atoms with E-state index in [1.54, 1.807) is 18.5 Å². The van der Waals surface area contributed by atoms with Crippen molar-refractivity contribution in [1.29, 1.82) is 0 Å². The van der Waals surface area contributed by atoms with Crippen molar-refractivity contribution in [1.82, 2.24) is 14.5 Å². The Morgan fingerprint density at radius 1 is 1.39 bits per heavy atom. The molecule has 1 aromatic rings. The number of nitrogens with one attached hydrogen (secondary N) is 1. The highest BCUT2D eigenvalue weighted by molar-refractivity contribution is 5.54. The minimum atomic E-state index is -0.426. The lowest BCUT2D eigenvalue weighted by Crippen LogP contribution is -2.37. The fraction of sp³-hybridized carbons (Fsp3) is 0.727. The Labute approximate surface area is 106 Å². The van der Waals surface area contributed by atoms with Gasteiger partial charge in [-0.25, -0.2) is 0 Å². The van der Waals surface area contributed by atoms with Gasteiger partial charge < -0.3 is 20.3 Å². The van der Waals surface area contributed by atoms with Crippen LogP contribution in [0.3, 0.4) is 0 Å². The first-order valence-corrected chi connectivity index (χ1v) is 6.12. The van der Waals surface area contributed by atoms with Crippen LogP contribution in [0.25, 0.3) is 0 Å². The summed E-state index contributed by atoms with van der Waals surface area (Å²) in [5, 5.41) is 14.2. The molecule has 1 saturated heterocycles. The maximum absolute atomic E-state index is 11.0. The summed E-state index contributed by atoms with van der Waals surface area (Å²) >= 11 is 0. The van der Waals surface area contributed by atoms with E-state index < -0.39 is 4.92 Å². The van der Waals surface area contributed by atoms with E-state index in [1.807, 2.05) is 0 Å². The molecule has 1 N–H and O–H groups in total. The molecule has 0 aromatic carbocycles. The summed E-state index contributed by atoms with van der Waals surface area (Å²) < 4.78 is 1.75. The van der Waals surface area contributed by atoms with Crippen LogP contribution in [0.2, 0.25) is 0 Å². The second-order valence-electron chi connectivity index (χ2n) is 4.87. The smallest absolute Gasteiger partial charge is 0.361 e. The molecule has 0 bridgehead atoms. The minimum Gasteiger partial charge on any atom is -0.361 e. The van der Waals surface area contributed by atoms with Crippen LogP contribution >= 0.6 is 0 Å². The number of rotatable bonds is 3. The number of hydrogen-bond acceptors (Lipinski definition) is 5. The first-order valence-electron chi connectivity index (χ1n) is 6.12. The van der Waals surface area contributed by atoms with Gasteiger partial charge in [-0.2, -0.15) is 0 Å². The molecular formula is C11H19N5O2. The molecule has 1 aliphatic heterocycles. The molecule has 2 rings (SSSR count). The third-order valence-electron chi connectivity index (χ3n) is 3.53. The monoisotopic (exact) mass is 253 g/mol. The lowest BCUT2D eigenvalue weighted by molar-refractivity contribution is -0.388. The number of hydrogen-bond donors (Lipinski definition) is 1. The lowest BCUT2D eigenvalue weighted by atomic mass is 10.1. The summed E-state index contributed by atoms with van der Waals surface area (Å²) in [6, 6.07) is 0.287. The van der Waals surface area contributed by atoms with E-state index in [-0.39, 0.29) is 11.9 Å². The molecule has 7 heteroatoms. The summed E-state index contributed by atoms with van der Waals surface area (Å²) in [6.07, 6.45) is 2.00. The average Bonchev–Trinajstić information content (AvgIpc) is 2.60. The van der Waals surface area contributed by atoms with E-state index in [4.69, 9.17) is 0 Å². The second kappa shape index (κ2) is 4.93. The van der Waals surface area contributed by atoms with Crippen molar-refractivity contribution in [3.05, 3.63) is 15.9 Å². The third kappa shape index (κ3) is 2.45. The molecule has 0 amide bonds. The zero-order valence-corrected chi connectivity index (χ0v) is 11.0. The number of nitrogens with zero attached hydrogens (tertiary/aromatic N) is 4. The number of aryl methyl sites for hydroxylation is 1. The van der Waals surface area contributed by atoms with Gasteiger partial charge in [0, 0.05) is 20.0 Å². The molecule has 100 valence electrons. The average molecular weight is 253 g/mol. The number of aromatic nitrogens is 2. The van der Waals surface area contributed by atoms with E-state index in [2.05, 4.69) is 22.2 Å². The molecule has 18 heavy (non-hydrogen) atoms. The van der Waals surface area contributed by atoms with Crippen LogP contribution in [-0.2, 0) is 7.05 Å². The molecule has 0 saturated carbocycles. The van der Waals surface area contributed by atoms with Gasteiger partial charge >= 0.3 is 5.82 Å². The van der Waals surface area contributed by atoms with Crippen LogP contribution in [0.4, 0.5) is 11.6 Å². The van der Waals surface area contributed by atoms with Gasteiger partial charge in [-0.15, -0.1) is 0 Å². The highest BCUT2D eigenvalue weighted by atomic mass is 16.6. The molecule has 1 aromatic heterocycles. The standard InChI is InChI=1S/C11H19N5O2/c1-8-12-11(16(17)18)10(15(8)3)13-9-4-6-14(2)7-5-9/h9,13H,4-7H2,1-3H3. The maximum Gasteiger partial charge on any atom is 0.406 e. The molecule has 7 nitrogen and oxygen atoms in total. The number of nitro groups is 1. The summed E-state index contributed by atoms with van der Waals surface area (Å²) in [5.74, 6) is 1.10. The second-order valence-corrected chi connectivity index (χ2v) is 4.87. The molecule has 0 unspecified atom stereocenters. The van der Waals surface area contributed by atoms with Gasteiger partial charge in [0.05, 0.1) is 0 Å². The van der Waals surface area contributed by atoms with E-state index in [0.29, 0.717) is 11.6 Å². The van der Waals surface area contributed by atoms with E-state index >= 15 is 0 Å². The van der Waals surface area contributed by atoms with Crippen molar-refractivity contribution in [3.8, 4) is 0 Å².